The Morgan fingerprint density at radius 3 is 2.61 bits per heavy atom. The van der Waals surface area contributed by atoms with Crippen LogP contribution in [0.25, 0.3) is 0 Å². The Balaban J connectivity index is 2.23. The maximum absolute atomic E-state index is 12.2. The molecular formula is C14H19ClN2O. The molecule has 2 rings (SSSR count). The van der Waals surface area contributed by atoms with Crippen molar-refractivity contribution in [3.05, 3.63) is 34.9 Å². The van der Waals surface area contributed by atoms with E-state index in [1.807, 2.05) is 36.1 Å². The summed E-state index contributed by atoms with van der Waals surface area (Å²) in [4.78, 5) is 14.1. The lowest BCUT2D eigenvalue weighted by Crippen LogP contribution is -2.44. The van der Waals surface area contributed by atoms with Crippen molar-refractivity contribution in [3.63, 3.8) is 0 Å². The molecule has 0 aromatic heterocycles. The van der Waals surface area contributed by atoms with Gasteiger partial charge in [-0.15, -0.1) is 0 Å². The first-order valence-corrected chi connectivity index (χ1v) is 6.71. The van der Waals surface area contributed by atoms with Gasteiger partial charge in [-0.25, -0.2) is 0 Å². The fourth-order valence-corrected chi connectivity index (χ4v) is 2.40. The zero-order valence-electron chi connectivity index (χ0n) is 10.8. The van der Waals surface area contributed by atoms with E-state index in [0.717, 1.165) is 18.4 Å². The summed E-state index contributed by atoms with van der Waals surface area (Å²) in [5.74, 6) is 0.0185. The standard InChI is InChI=1S/C14H19ClN2O/c1-9(16)14(18)17(13-6-7-13)10(2)11-4-3-5-12(15)8-11/h3-5,8-10,13H,6-7,16H2,1-2H3/t9-,10-/m0/s1. The van der Waals surface area contributed by atoms with E-state index in [1.54, 1.807) is 6.92 Å². The highest BCUT2D eigenvalue weighted by atomic mass is 35.5. The van der Waals surface area contributed by atoms with Gasteiger partial charge in [0, 0.05) is 11.1 Å². The first kappa shape index (κ1) is 13.4. The molecule has 1 saturated carbocycles. The van der Waals surface area contributed by atoms with E-state index < -0.39 is 6.04 Å². The summed E-state index contributed by atoms with van der Waals surface area (Å²) < 4.78 is 0. The highest BCUT2D eigenvalue weighted by molar-refractivity contribution is 6.30. The van der Waals surface area contributed by atoms with Crippen molar-refractivity contribution in [2.24, 2.45) is 5.73 Å². The maximum atomic E-state index is 12.2. The fourth-order valence-electron chi connectivity index (χ4n) is 2.20. The molecule has 3 nitrogen and oxygen atoms in total. The van der Waals surface area contributed by atoms with Crippen LogP contribution in [-0.4, -0.2) is 22.9 Å². The number of carbonyl (C=O) groups excluding carboxylic acids is 1. The second-order valence-electron chi connectivity index (χ2n) is 5.00. The maximum Gasteiger partial charge on any atom is 0.239 e. The van der Waals surface area contributed by atoms with Crippen LogP contribution < -0.4 is 5.73 Å². The Hall–Kier alpha value is -1.06. The summed E-state index contributed by atoms with van der Waals surface area (Å²) in [7, 11) is 0. The molecule has 2 atom stereocenters. The highest BCUT2D eigenvalue weighted by Gasteiger charge is 2.37. The lowest BCUT2D eigenvalue weighted by Gasteiger charge is -2.31. The summed E-state index contributed by atoms with van der Waals surface area (Å²) in [6, 6.07) is 7.58. The molecule has 0 heterocycles. The van der Waals surface area contributed by atoms with Crippen molar-refractivity contribution in [1.29, 1.82) is 0 Å². The number of benzene rings is 1. The molecule has 1 amide bonds. The number of rotatable bonds is 4. The van der Waals surface area contributed by atoms with Crippen molar-refractivity contribution in [2.75, 3.05) is 0 Å². The van der Waals surface area contributed by atoms with Crippen molar-refractivity contribution in [3.8, 4) is 0 Å². The van der Waals surface area contributed by atoms with E-state index in [1.165, 1.54) is 0 Å². The SMILES string of the molecule is C[C@H](N)C(=O)N(C1CC1)[C@@H](C)c1cccc(Cl)c1. The van der Waals surface area contributed by atoms with Crippen LogP contribution in [0.1, 0.15) is 38.3 Å². The molecule has 98 valence electrons. The Morgan fingerprint density at radius 2 is 2.11 bits per heavy atom. The average Bonchev–Trinajstić information content (AvgIpc) is 3.13. The molecule has 18 heavy (non-hydrogen) atoms. The molecule has 2 N–H and O–H groups in total. The minimum atomic E-state index is -0.452. The fraction of sp³-hybridized carbons (Fsp3) is 0.500. The van der Waals surface area contributed by atoms with E-state index in [-0.39, 0.29) is 11.9 Å². The Labute approximate surface area is 113 Å². The van der Waals surface area contributed by atoms with Crippen LogP contribution in [0.4, 0.5) is 0 Å². The molecule has 4 heteroatoms. The van der Waals surface area contributed by atoms with Gasteiger partial charge in [0.25, 0.3) is 0 Å². The molecule has 0 radical (unpaired) electrons. The van der Waals surface area contributed by atoms with Crippen molar-refractivity contribution < 1.29 is 4.79 Å². The number of hydrogen-bond donors (Lipinski definition) is 1. The third kappa shape index (κ3) is 2.85. The lowest BCUT2D eigenvalue weighted by molar-refractivity contribution is -0.135. The summed E-state index contributed by atoms with van der Waals surface area (Å²) in [5, 5.41) is 0.698. The molecule has 0 unspecified atom stereocenters. The number of nitrogens with zero attached hydrogens (tertiary/aromatic N) is 1. The molecule has 0 saturated heterocycles. The average molecular weight is 267 g/mol. The predicted octanol–water partition coefficient (Wildman–Crippen LogP) is 2.74. The van der Waals surface area contributed by atoms with Crippen LogP contribution in [0, 0.1) is 0 Å². The van der Waals surface area contributed by atoms with E-state index in [4.69, 9.17) is 17.3 Å². The zero-order valence-corrected chi connectivity index (χ0v) is 11.5. The van der Waals surface area contributed by atoms with Crippen molar-refractivity contribution >= 4 is 17.5 Å². The Bertz CT molecular complexity index is 443. The number of carbonyl (C=O) groups is 1. The van der Waals surface area contributed by atoms with E-state index >= 15 is 0 Å². The van der Waals surface area contributed by atoms with Crippen LogP contribution in [-0.2, 0) is 4.79 Å². The number of halogens is 1. The number of amides is 1. The lowest BCUT2D eigenvalue weighted by atomic mass is 10.1. The highest BCUT2D eigenvalue weighted by Crippen LogP contribution is 2.35. The smallest absolute Gasteiger partial charge is 0.239 e. The molecule has 0 bridgehead atoms. The predicted molar refractivity (Wildman–Crippen MR) is 73.4 cm³/mol. The molecular weight excluding hydrogens is 248 g/mol. The third-order valence-electron chi connectivity index (χ3n) is 3.33. The van der Waals surface area contributed by atoms with Crippen LogP contribution in [0.3, 0.4) is 0 Å². The quantitative estimate of drug-likeness (QED) is 0.911. The molecule has 1 aliphatic carbocycles. The van der Waals surface area contributed by atoms with Crippen LogP contribution in [0.2, 0.25) is 5.02 Å². The Morgan fingerprint density at radius 1 is 1.44 bits per heavy atom. The van der Waals surface area contributed by atoms with Gasteiger partial charge in [-0.2, -0.15) is 0 Å². The van der Waals surface area contributed by atoms with Gasteiger partial charge in [0.15, 0.2) is 0 Å². The largest absolute Gasteiger partial charge is 0.332 e. The van der Waals surface area contributed by atoms with Crippen molar-refractivity contribution in [1.82, 2.24) is 4.90 Å². The minimum Gasteiger partial charge on any atom is -0.332 e. The van der Waals surface area contributed by atoms with Gasteiger partial charge in [-0.1, -0.05) is 23.7 Å². The van der Waals surface area contributed by atoms with E-state index in [9.17, 15) is 4.79 Å². The molecule has 1 aromatic rings. The molecule has 0 spiro atoms. The third-order valence-corrected chi connectivity index (χ3v) is 3.57. The summed E-state index contributed by atoms with van der Waals surface area (Å²) in [5.41, 5.74) is 6.79. The van der Waals surface area contributed by atoms with Crippen LogP contribution in [0.5, 0.6) is 0 Å². The molecule has 1 aromatic carbocycles. The van der Waals surface area contributed by atoms with E-state index in [2.05, 4.69) is 0 Å². The first-order valence-electron chi connectivity index (χ1n) is 6.34. The van der Waals surface area contributed by atoms with Gasteiger partial charge in [-0.3, -0.25) is 4.79 Å². The van der Waals surface area contributed by atoms with Gasteiger partial charge >= 0.3 is 0 Å². The molecule has 1 aliphatic rings. The van der Waals surface area contributed by atoms with Gasteiger partial charge in [0.1, 0.15) is 0 Å². The van der Waals surface area contributed by atoms with Crippen molar-refractivity contribution in [2.45, 2.75) is 44.8 Å². The summed E-state index contributed by atoms with van der Waals surface area (Å²) in [6.45, 7) is 3.77. The molecule has 0 aliphatic heterocycles. The van der Waals surface area contributed by atoms with E-state index in [0.29, 0.717) is 11.1 Å². The first-order chi connectivity index (χ1) is 8.50. The number of nitrogens with two attached hydrogens (primary N) is 1. The number of hydrogen-bond acceptors (Lipinski definition) is 2. The topological polar surface area (TPSA) is 46.3 Å². The summed E-state index contributed by atoms with van der Waals surface area (Å²) >= 11 is 6.00. The van der Waals surface area contributed by atoms with Gasteiger partial charge in [0.05, 0.1) is 12.1 Å². The van der Waals surface area contributed by atoms with Crippen LogP contribution >= 0.6 is 11.6 Å². The second kappa shape index (κ2) is 5.29. The minimum absolute atomic E-state index is 0.0185. The molecule has 1 fully saturated rings. The van der Waals surface area contributed by atoms with Gasteiger partial charge < -0.3 is 10.6 Å². The monoisotopic (exact) mass is 266 g/mol. The Kier molecular flexibility index (Phi) is 3.93. The zero-order chi connectivity index (χ0) is 13.3. The van der Waals surface area contributed by atoms with Gasteiger partial charge in [0.2, 0.25) is 5.91 Å². The van der Waals surface area contributed by atoms with Gasteiger partial charge in [-0.05, 0) is 44.4 Å². The summed E-state index contributed by atoms with van der Waals surface area (Å²) in [6.07, 6.45) is 2.15. The van der Waals surface area contributed by atoms with Crippen LogP contribution in [0.15, 0.2) is 24.3 Å². The second-order valence-corrected chi connectivity index (χ2v) is 5.43. The normalized spacial score (nSPS) is 18.2.